The van der Waals surface area contributed by atoms with E-state index in [2.05, 4.69) is 15.4 Å². The number of nitrogens with one attached hydrogen (secondary N) is 1. The molecule has 0 radical (unpaired) electrons. The van der Waals surface area contributed by atoms with Crippen molar-refractivity contribution in [2.24, 2.45) is 0 Å². The van der Waals surface area contributed by atoms with Crippen molar-refractivity contribution in [1.29, 1.82) is 0 Å². The molecular formula is C23H20Cl2N4OS. The fourth-order valence-corrected chi connectivity index (χ4v) is 4.85. The summed E-state index contributed by atoms with van der Waals surface area (Å²) in [5, 5.41) is 9.21. The molecule has 0 saturated heterocycles. The number of aromatic nitrogens is 3. The molecule has 0 bridgehead atoms. The number of nitrogens with zero attached hydrogens (tertiary/aromatic N) is 3. The van der Waals surface area contributed by atoms with E-state index >= 15 is 0 Å². The minimum absolute atomic E-state index is 0.262. The van der Waals surface area contributed by atoms with Crippen LogP contribution in [0.25, 0.3) is 5.69 Å². The molecule has 0 aliphatic rings. The molecule has 1 unspecified atom stereocenters. The highest BCUT2D eigenvalue weighted by atomic mass is 35.5. The molecule has 0 saturated carbocycles. The first kappa shape index (κ1) is 21.6. The smallest absolute Gasteiger partial charge is 0.257 e. The number of carbonyl (C=O) groups is 1. The monoisotopic (exact) mass is 470 g/mol. The van der Waals surface area contributed by atoms with Gasteiger partial charge in [-0.3, -0.25) is 4.79 Å². The molecule has 0 aliphatic heterocycles. The predicted molar refractivity (Wildman–Crippen MR) is 126 cm³/mol. The number of hydrogen-bond donors (Lipinski definition) is 1. The van der Waals surface area contributed by atoms with E-state index in [0.29, 0.717) is 16.3 Å². The van der Waals surface area contributed by atoms with Crippen LogP contribution in [0.4, 0.5) is 0 Å². The third-order valence-corrected chi connectivity index (χ3v) is 6.70. The largest absolute Gasteiger partial charge is 0.339 e. The topological polar surface area (TPSA) is 59.8 Å². The van der Waals surface area contributed by atoms with Crippen LogP contribution in [0.5, 0.6) is 0 Å². The summed E-state index contributed by atoms with van der Waals surface area (Å²) in [6, 6.07) is 16.4. The quantitative estimate of drug-likeness (QED) is 0.384. The fourth-order valence-electron chi connectivity index (χ4n) is 3.30. The van der Waals surface area contributed by atoms with Crippen molar-refractivity contribution in [3.05, 3.63) is 97.2 Å². The van der Waals surface area contributed by atoms with Crippen LogP contribution < -0.4 is 5.32 Å². The molecule has 0 spiro atoms. The van der Waals surface area contributed by atoms with Gasteiger partial charge in [-0.25, -0.2) is 9.67 Å². The van der Waals surface area contributed by atoms with Crippen LogP contribution >= 0.6 is 34.5 Å². The molecular weight excluding hydrogens is 451 g/mol. The number of benzene rings is 2. The van der Waals surface area contributed by atoms with Gasteiger partial charge in [-0.15, -0.1) is 11.3 Å². The zero-order chi connectivity index (χ0) is 22.1. The van der Waals surface area contributed by atoms with E-state index in [0.717, 1.165) is 26.8 Å². The van der Waals surface area contributed by atoms with Crippen LogP contribution in [0.3, 0.4) is 0 Å². The number of aryl methyl sites for hydroxylation is 3. The fraction of sp³-hybridized carbons (Fsp3) is 0.174. The van der Waals surface area contributed by atoms with Crippen LogP contribution in [-0.2, 0) is 0 Å². The number of halogens is 2. The summed E-state index contributed by atoms with van der Waals surface area (Å²) in [4.78, 5) is 19.1. The molecule has 4 aromatic rings. The molecule has 31 heavy (non-hydrogen) atoms. The van der Waals surface area contributed by atoms with Crippen molar-refractivity contribution in [1.82, 2.24) is 20.1 Å². The van der Waals surface area contributed by atoms with Gasteiger partial charge in [0.2, 0.25) is 0 Å². The van der Waals surface area contributed by atoms with Crippen LogP contribution in [0, 0.1) is 20.8 Å². The van der Waals surface area contributed by atoms with E-state index in [1.807, 2.05) is 62.4 Å². The first-order valence-corrected chi connectivity index (χ1v) is 11.2. The van der Waals surface area contributed by atoms with E-state index < -0.39 is 6.04 Å². The SMILES string of the molecule is Cc1nc(C(NC(=O)c2c(C)nn(-c3ccccc3)c2Cl)c2cccc(Cl)c2)sc1C. The van der Waals surface area contributed by atoms with E-state index in [4.69, 9.17) is 23.2 Å². The second-order valence-corrected chi connectivity index (χ2v) is 9.18. The van der Waals surface area contributed by atoms with Crippen molar-refractivity contribution in [3.63, 3.8) is 0 Å². The van der Waals surface area contributed by atoms with Gasteiger partial charge in [0.05, 0.1) is 22.6 Å². The Balaban J connectivity index is 1.73. The molecule has 2 aromatic carbocycles. The van der Waals surface area contributed by atoms with Gasteiger partial charge in [-0.1, -0.05) is 53.5 Å². The maximum atomic E-state index is 13.4. The summed E-state index contributed by atoms with van der Waals surface area (Å²) in [7, 11) is 0. The van der Waals surface area contributed by atoms with Gasteiger partial charge < -0.3 is 5.32 Å². The van der Waals surface area contributed by atoms with Crippen LogP contribution in [0.15, 0.2) is 54.6 Å². The lowest BCUT2D eigenvalue weighted by molar-refractivity contribution is 0.0942. The summed E-state index contributed by atoms with van der Waals surface area (Å²) in [5.41, 5.74) is 3.45. The highest BCUT2D eigenvalue weighted by molar-refractivity contribution is 7.11. The lowest BCUT2D eigenvalue weighted by atomic mass is 10.1. The maximum absolute atomic E-state index is 13.4. The Morgan fingerprint density at radius 2 is 1.77 bits per heavy atom. The molecule has 0 fully saturated rings. The van der Waals surface area contributed by atoms with Gasteiger partial charge >= 0.3 is 0 Å². The summed E-state index contributed by atoms with van der Waals surface area (Å²) < 4.78 is 1.57. The van der Waals surface area contributed by atoms with Crippen molar-refractivity contribution < 1.29 is 4.79 Å². The third kappa shape index (κ3) is 4.37. The van der Waals surface area contributed by atoms with Crippen molar-refractivity contribution in [3.8, 4) is 5.69 Å². The van der Waals surface area contributed by atoms with Crippen molar-refractivity contribution >= 4 is 40.4 Å². The van der Waals surface area contributed by atoms with E-state index in [1.54, 1.807) is 29.0 Å². The average Bonchev–Trinajstić information content (AvgIpc) is 3.24. The molecule has 1 atom stereocenters. The predicted octanol–water partition coefficient (Wildman–Crippen LogP) is 6.08. The minimum Gasteiger partial charge on any atom is -0.339 e. The standard InChI is InChI=1S/C23H20Cl2N4OS/c1-13-15(3)31-23(26-13)20(16-8-7-9-17(24)12-16)27-22(30)19-14(2)28-29(21(19)25)18-10-5-4-6-11-18/h4-12,20H,1-3H3,(H,27,30). The number of hydrogen-bond acceptors (Lipinski definition) is 4. The van der Waals surface area contributed by atoms with Gasteiger partial charge in [-0.2, -0.15) is 5.10 Å². The zero-order valence-electron chi connectivity index (χ0n) is 17.2. The second kappa shape index (κ2) is 8.83. The van der Waals surface area contributed by atoms with Crippen LogP contribution in [-0.4, -0.2) is 20.7 Å². The zero-order valence-corrected chi connectivity index (χ0v) is 19.5. The van der Waals surface area contributed by atoms with Crippen LogP contribution in [0.2, 0.25) is 10.2 Å². The van der Waals surface area contributed by atoms with E-state index in [9.17, 15) is 4.79 Å². The Hall–Kier alpha value is -2.67. The Labute approximate surface area is 194 Å². The summed E-state index contributed by atoms with van der Waals surface area (Å²) in [5.74, 6) is -0.319. The lowest BCUT2D eigenvalue weighted by Crippen LogP contribution is -2.29. The first-order valence-electron chi connectivity index (χ1n) is 9.66. The molecule has 1 N–H and O–H groups in total. The molecule has 0 aliphatic carbocycles. The Bertz CT molecular complexity index is 1230. The van der Waals surface area contributed by atoms with Gasteiger partial charge in [0.25, 0.3) is 5.91 Å². The minimum atomic E-state index is -0.459. The Morgan fingerprint density at radius 3 is 2.42 bits per heavy atom. The van der Waals surface area contributed by atoms with E-state index in [-0.39, 0.29) is 11.1 Å². The second-order valence-electron chi connectivity index (χ2n) is 7.15. The van der Waals surface area contributed by atoms with Gasteiger partial charge in [0.15, 0.2) is 0 Å². The molecule has 158 valence electrons. The normalized spacial score (nSPS) is 12.0. The summed E-state index contributed by atoms with van der Waals surface area (Å²) in [6.45, 7) is 5.74. The Morgan fingerprint density at radius 1 is 1.03 bits per heavy atom. The number of carbonyl (C=O) groups excluding carboxylic acids is 1. The van der Waals surface area contributed by atoms with Crippen LogP contribution in [0.1, 0.15) is 43.2 Å². The number of rotatable bonds is 5. The van der Waals surface area contributed by atoms with Crippen molar-refractivity contribution in [2.75, 3.05) is 0 Å². The number of amides is 1. The average molecular weight is 471 g/mol. The highest BCUT2D eigenvalue weighted by Gasteiger charge is 2.26. The number of para-hydroxylation sites is 1. The van der Waals surface area contributed by atoms with Crippen molar-refractivity contribution in [2.45, 2.75) is 26.8 Å². The first-order chi connectivity index (χ1) is 14.8. The molecule has 8 heteroatoms. The lowest BCUT2D eigenvalue weighted by Gasteiger charge is -2.17. The molecule has 2 heterocycles. The summed E-state index contributed by atoms with van der Waals surface area (Å²) in [6.07, 6.45) is 0. The van der Waals surface area contributed by atoms with Gasteiger partial charge in [0.1, 0.15) is 16.2 Å². The molecule has 2 aromatic heterocycles. The van der Waals surface area contributed by atoms with Gasteiger partial charge in [0, 0.05) is 9.90 Å². The molecule has 1 amide bonds. The molecule has 5 nitrogen and oxygen atoms in total. The van der Waals surface area contributed by atoms with Gasteiger partial charge in [-0.05, 0) is 50.6 Å². The molecule has 4 rings (SSSR count). The number of thiazole rings is 1. The summed E-state index contributed by atoms with van der Waals surface area (Å²) >= 11 is 14.4. The third-order valence-electron chi connectivity index (χ3n) is 4.98. The highest BCUT2D eigenvalue weighted by Crippen LogP contribution is 2.31. The maximum Gasteiger partial charge on any atom is 0.257 e. The Kier molecular flexibility index (Phi) is 6.14. The van der Waals surface area contributed by atoms with E-state index in [1.165, 1.54) is 0 Å².